The molecule has 0 fully saturated rings. The van der Waals surface area contributed by atoms with Crippen LogP contribution in [0.25, 0.3) is 0 Å². The fourth-order valence-corrected chi connectivity index (χ4v) is 2.68. The van der Waals surface area contributed by atoms with E-state index in [1.54, 1.807) is 24.4 Å². The summed E-state index contributed by atoms with van der Waals surface area (Å²) in [6, 6.07) is 12.2. The predicted octanol–water partition coefficient (Wildman–Crippen LogP) is 3.20. The lowest BCUT2D eigenvalue weighted by Crippen LogP contribution is -2.31. The van der Waals surface area contributed by atoms with E-state index < -0.39 is 18.3 Å². The maximum Gasteiger partial charge on any atom is 0.573 e. The number of pyridine rings is 2. The topological polar surface area (TPSA) is 73.2 Å². The lowest BCUT2D eigenvalue weighted by Gasteiger charge is -2.19. The maximum absolute atomic E-state index is 12.7. The third-order valence-electron chi connectivity index (χ3n) is 4.05. The molecule has 29 heavy (non-hydrogen) atoms. The molecule has 0 bridgehead atoms. The molecule has 0 saturated heterocycles. The van der Waals surface area contributed by atoms with Crippen LogP contribution in [-0.4, -0.2) is 21.8 Å². The van der Waals surface area contributed by atoms with Crippen LogP contribution in [0, 0.1) is 0 Å². The number of ether oxygens (including phenoxy) is 1. The number of carbonyl (C=O) groups excluding carboxylic acids is 1. The third-order valence-corrected chi connectivity index (χ3v) is 4.05. The summed E-state index contributed by atoms with van der Waals surface area (Å²) in [5.74, 6) is -0.836. The zero-order valence-corrected chi connectivity index (χ0v) is 15.2. The Kier molecular flexibility index (Phi) is 5.67. The molecule has 1 N–H and O–H groups in total. The van der Waals surface area contributed by atoms with Gasteiger partial charge in [-0.15, -0.1) is 13.2 Å². The molecule has 0 spiro atoms. The number of nitrogens with zero attached hydrogens (tertiary/aromatic N) is 2. The van der Waals surface area contributed by atoms with Gasteiger partial charge in [-0.2, -0.15) is 0 Å². The van der Waals surface area contributed by atoms with Crippen molar-refractivity contribution in [2.45, 2.75) is 12.4 Å². The van der Waals surface area contributed by atoms with Crippen molar-refractivity contribution in [1.29, 1.82) is 0 Å². The summed E-state index contributed by atoms with van der Waals surface area (Å²) >= 11 is 0. The highest BCUT2D eigenvalue weighted by Crippen LogP contribution is 2.26. The van der Waals surface area contributed by atoms with Crippen LogP contribution in [0.3, 0.4) is 0 Å². The summed E-state index contributed by atoms with van der Waals surface area (Å²) in [6.07, 6.45) is -1.85. The summed E-state index contributed by atoms with van der Waals surface area (Å²) in [5, 5.41) is 2.80. The van der Waals surface area contributed by atoms with E-state index in [0.29, 0.717) is 11.3 Å². The molecule has 0 aliphatic heterocycles. The second-order valence-electron chi connectivity index (χ2n) is 6.14. The standard InChI is InChI=1S/C20H16F3N3O3/c1-26-12-14(7-10-17(26)27)19(28)25-18(16-4-2-3-11-24-16)13-5-8-15(9-6-13)29-20(21,22)23/h2-12,18H,1H3,(H,25,28)/t18-/m0/s1. The third kappa shape index (κ3) is 5.22. The maximum atomic E-state index is 12.7. The van der Waals surface area contributed by atoms with Gasteiger partial charge in [0.05, 0.1) is 17.3 Å². The van der Waals surface area contributed by atoms with E-state index in [0.717, 1.165) is 12.1 Å². The molecule has 1 aromatic carbocycles. The minimum Gasteiger partial charge on any atom is -0.406 e. The highest BCUT2D eigenvalue weighted by molar-refractivity contribution is 5.94. The highest BCUT2D eigenvalue weighted by atomic mass is 19.4. The number of amides is 1. The Bertz CT molecular complexity index is 1050. The van der Waals surface area contributed by atoms with Crippen molar-refractivity contribution in [1.82, 2.24) is 14.9 Å². The van der Waals surface area contributed by atoms with Gasteiger partial charge in [-0.05, 0) is 35.9 Å². The average Bonchev–Trinajstić information content (AvgIpc) is 2.68. The lowest BCUT2D eigenvalue weighted by molar-refractivity contribution is -0.274. The summed E-state index contributed by atoms with van der Waals surface area (Å²) in [5.41, 5.74) is 1.000. The molecule has 0 unspecified atom stereocenters. The molecule has 2 aromatic heterocycles. The van der Waals surface area contributed by atoms with Gasteiger partial charge < -0.3 is 14.6 Å². The van der Waals surface area contributed by atoms with Gasteiger partial charge in [0.15, 0.2) is 0 Å². The van der Waals surface area contributed by atoms with E-state index in [9.17, 15) is 22.8 Å². The van der Waals surface area contributed by atoms with Crippen molar-refractivity contribution >= 4 is 5.91 Å². The lowest BCUT2D eigenvalue weighted by atomic mass is 10.0. The smallest absolute Gasteiger partial charge is 0.406 e. The average molecular weight is 403 g/mol. The number of hydrogen-bond acceptors (Lipinski definition) is 4. The van der Waals surface area contributed by atoms with Gasteiger partial charge in [-0.3, -0.25) is 14.6 Å². The van der Waals surface area contributed by atoms with Crippen LogP contribution in [-0.2, 0) is 7.05 Å². The van der Waals surface area contributed by atoms with E-state index in [4.69, 9.17) is 0 Å². The van der Waals surface area contributed by atoms with E-state index in [1.807, 2.05) is 0 Å². The van der Waals surface area contributed by atoms with E-state index in [2.05, 4.69) is 15.0 Å². The molecule has 0 aliphatic carbocycles. The summed E-state index contributed by atoms with van der Waals surface area (Å²) in [4.78, 5) is 28.4. The number of nitrogens with one attached hydrogen (secondary N) is 1. The van der Waals surface area contributed by atoms with Crippen molar-refractivity contribution in [3.05, 3.63) is 94.2 Å². The Hall–Kier alpha value is -3.62. The molecular weight excluding hydrogens is 387 g/mol. The van der Waals surface area contributed by atoms with Gasteiger partial charge in [0.2, 0.25) is 5.56 Å². The summed E-state index contributed by atoms with van der Waals surface area (Å²) in [6.45, 7) is 0. The van der Waals surface area contributed by atoms with Gasteiger partial charge >= 0.3 is 6.36 Å². The number of aryl methyl sites for hydroxylation is 1. The molecule has 0 saturated carbocycles. The van der Waals surface area contributed by atoms with Crippen LogP contribution in [0.5, 0.6) is 5.75 Å². The van der Waals surface area contributed by atoms with Crippen molar-refractivity contribution in [2.24, 2.45) is 7.05 Å². The van der Waals surface area contributed by atoms with E-state index in [1.165, 1.54) is 42.1 Å². The van der Waals surface area contributed by atoms with Crippen molar-refractivity contribution in [2.75, 3.05) is 0 Å². The number of halogens is 3. The number of benzene rings is 1. The SMILES string of the molecule is Cn1cc(C(=O)N[C@@H](c2ccc(OC(F)(F)F)cc2)c2ccccn2)ccc1=O. The molecule has 9 heteroatoms. The van der Waals surface area contributed by atoms with Crippen molar-refractivity contribution in [3.8, 4) is 5.75 Å². The minimum absolute atomic E-state index is 0.255. The Morgan fingerprint density at radius 1 is 1.10 bits per heavy atom. The quantitative estimate of drug-likeness (QED) is 0.710. The second kappa shape index (κ2) is 8.17. The van der Waals surface area contributed by atoms with Gasteiger partial charge in [0, 0.05) is 25.5 Å². The first-order valence-electron chi connectivity index (χ1n) is 8.47. The zero-order chi connectivity index (χ0) is 21.0. The van der Waals surface area contributed by atoms with Gasteiger partial charge in [-0.1, -0.05) is 18.2 Å². The highest BCUT2D eigenvalue weighted by Gasteiger charge is 2.31. The van der Waals surface area contributed by atoms with Crippen LogP contribution in [0.1, 0.15) is 27.7 Å². The van der Waals surface area contributed by atoms with Crippen LogP contribution in [0.2, 0.25) is 0 Å². The molecule has 150 valence electrons. The van der Waals surface area contributed by atoms with Gasteiger partial charge in [-0.25, -0.2) is 0 Å². The molecule has 2 heterocycles. The molecule has 0 aliphatic rings. The van der Waals surface area contributed by atoms with Gasteiger partial charge in [0.25, 0.3) is 5.91 Å². The van der Waals surface area contributed by atoms with Crippen LogP contribution in [0.15, 0.2) is 71.8 Å². The minimum atomic E-state index is -4.79. The number of alkyl halides is 3. The number of aromatic nitrogens is 2. The Labute approximate surface area is 163 Å². The fraction of sp³-hybridized carbons (Fsp3) is 0.150. The van der Waals surface area contributed by atoms with Gasteiger partial charge in [0.1, 0.15) is 5.75 Å². The Morgan fingerprint density at radius 2 is 1.83 bits per heavy atom. The number of carbonyl (C=O) groups is 1. The summed E-state index contributed by atoms with van der Waals surface area (Å²) < 4.78 is 42.3. The van der Waals surface area contributed by atoms with E-state index in [-0.39, 0.29) is 16.9 Å². The first kappa shape index (κ1) is 20.1. The molecule has 1 amide bonds. The molecule has 6 nitrogen and oxygen atoms in total. The van der Waals surface area contributed by atoms with Crippen LogP contribution in [0.4, 0.5) is 13.2 Å². The number of rotatable bonds is 5. The zero-order valence-electron chi connectivity index (χ0n) is 15.2. The first-order valence-corrected chi connectivity index (χ1v) is 8.47. The van der Waals surface area contributed by atoms with Crippen molar-refractivity contribution < 1.29 is 22.7 Å². The Morgan fingerprint density at radius 3 is 2.41 bits per heavy atom. The number of hydrogen-bond donors (Lipinski definition) is 1. The first-order chi connectivity index (χ1) is 13.7. The van der Waals surface area contributed by atoms with Crippen LogP contribution >= 0.6 is 0 Å². The summed E-state index contributed by atoms with van der Waals surface area (Å²) in [7, 11) is 1.52. The molecule has 1 atom stereocenters. The van der Waals surface area contributed by atoms with Crippen LogP contribution < -0.4 is 15.6 Å². The second-order valence-corrected chi connectivity index (χ2v) is 6.14. The molecule has 3 aromatic rings. The normalized spacial score (nSPS) is 12.3. The van der Waals surface area contributed by atoms with E-state index >= 15 is 0 Å². The monoisotopic (exact) mass is 403 g/mol. The molecule has 3 rings (SSSR count). The van der Waals surface area contributed by atoms with Crippen molar-refractivity contribution in [3.63, 3.8) is 0 Å². The predicted molar refractivity (Wildman–Crippen MR) is 98.4 cm³/mol. The molecule has 0 radical (unpaired) electrons. The molecular formula is C20H16F3N3O3. The fourth-order valence-electron chi connectivity index (χ4n) is 2.68. The largest absolute Gasteiger partial charge is 0.573 e. The Balaban J connectivity index is 1.90.